The van der Waals surface area contributed by atoms with Crippen LogP contribution in [0.5, 0.6) is 11.5 Å². The number of hydrogen-bond donors (Lipinski definition) is 4. The van der Waals surface area contributed by atoms with Crippen LogP contribution in [0.3, 0.4) is 0 Å². The Morgan fingerprint density at radius 3 is 2.34 bits per heavy atom. The summed E-state index contributed by atoms with van der Waals surface area (Å²) in [5.41, 5.74) is 3.12. The molecule has 17 heteroatoms. The molecule has 0 spiro atoms. The van der Waals surface area contributed by atoms with Gasteiger partial charge in [-0.25, -0.2) is 13.1 Å². The quantitative estimate of drug-likeness (QED) is 0.0843. The lowest BCUT2D eigenvalue weighted by molar-refractivity contribution is -0.136. The molecule has 59 heavy (non-hydrogen) atoms. The monoisotopic (exact) mass is 827 g/mol. The lowest BCUT2D eigenvalue weighted by atomic mass is 9.95. The van der Waals surface area contributed by atoms with Crippen LogP contribution in [0.25, 0.3) is 21.9 Å². The van der Waals surface area contributed by atoms with Crippen LogP contribution in [-0.2, 0) is 33.1 Å². The minimum Gasteiger partial charge on any atom is -0.496 e. The molecule has 7 rings (SSSR count). The van der Waals surface area contributed by atoms with Crippen molar-refractivity contribution in [1.29, 1.82) is 0 Å². The molecule has 312 valence electrons. The number of fused-ring (bicyclic) bond motifs is 2. The van der Waals surface area contributed by atoms with Crippen molar-refractivity contribution < 1.29 is 37.1 Å². The van der Waals surface area contributed by atoms with Crippen LogP contribution < -0.4 is 35.7 Å². The fraction of sp³-hybridized carbons (Fsp3) is 0.429. The fourth-order valence-corrected chi connectivity index (χ4v) is 9.61. The maximum absolute atomic E-state index is 13.4. The molecule has 2 atom stereocenters. The number of aromatic nitrogens is 2. The molecule has 0 saturated carbocycles. The second kappa shape index (κ2) is 17.7. The third kappa shape index (κ3) is 8.58. The van der Waals surface area contributed by atoms with E-state index >= 15 is 0 Å². The number of benzene rings is 2. The summed E-state index contributed by atoms with van der Waals surface area (Å²) < 4.78 is 43.1. The van der Waals surface area contributed by atoms with Crippen molar-refractivity contribution in [3.63, 3.8) is 0 Å². The van der Waals surface area contributed by atoms with E-state index in [1.165, 1.54) is 4.57 Å². The molecule has 0 bridgehead atoms. The molecule has 4 amide bonds. The molecular weight excluding hydrogens is 779 g/mol. The number of sulfonamides is 1. The number of hydrogen-bond acceptors (Lipinski definition) is 12. The largest absolute Gasteiger partial charge is 0.496 e. The normalized spacial score (nSPS) is 17.5. The molecule has 16 nitrogen and oxygen atoms in total. The topological polar surface area (TPSA) is 207 Å². The predicted octanol–water partition coefficient (Wildman–Crippen LogP) is 3.27. The maximum atomic E-state index is 13.4. The summed E-state index contributed by atoms with van der Waals surface area (Å²) in [6, 6.07) is 9.12. The van der Waals surface area contributed by atoms with Crippen LogP contribution in [-0.4, -0.2) is 97.7 Å². The molecule has 2 aromatic heterocycles. The van der Waals surface area contributed by atoms with E-state index in [4.69, 9.17) is 9.47 Å². The summed E-state index contributed by atoms with van der Waals surface area (Å²) in [6.45, 7) is 1.35. The van der Waals surface area contributed by atoms with Crippen LogP contribution in [0.2, 0.25) is 0 Å². The van der Waals surface area contributed by atoms with Crippen LogP contribution in [0.4, 0.5) is 5.69 Å². The van der Waals surface area contributed by atoms with Gasteiger partial charge < -0.3 is 24.7 Å². The Morgan fingerprint density at radius 2 is 1.64 bits per heavy atom. The fourth-order valence-electron chi connectivity index (χ4n) is 8.07. The summed E-state index contributed by atoms with van der Waals surface area (Å²) in [7, 11) is 1.23. The van der Waals surface area contributed by atoms with Gasteiger partial charge in [0, 0.05) is 74.5 Å². The summed E-state index contributed by atoms with van der Waals surface area (Å²) in [4.78, 5) is 68.7. The predicted molar refractivity (Wildman–Crippen MR) is 221 cm³/mol. The molecule has 3 aliphatic rings. The van der Waals surface area contributed by atoms with Gasteiger partial charge in [-0.15, -0.1) is 0 Å². The second-order valence-electron chi connectivity index (χ2n) is 15.2. The van der Waals surface area contributed by atoms with Gasteiger partial charge in [0.15, 0.2) is 0 Å². The minimum atomic E-state index is -3.60. The number of nitrogens with zero attached hydrogens (tertiary/aromatic N) is 3. The number of rotatable bonds is 18. The Kier molecular flexibility index (Phi) is 12.4. The number of imide groups is 2. The molecule has 5 heterocycles. The van der Waals surface area contributed by atoms with Gasteiger partial charge in [-0.3, -0.25) is 39.2 Å². The van der Waals surface area contributed by atoms with E-state index in [-0.39, 0.29) is 29.5 Å². The highest BCUT2D eigenvalue weighted by Gasteiger charge is 2.45. The van der Waals surface area contributed by atoms with E-state index in [2.05, 4.69) is 25.7 Å². The average molecular weight is 828 g/mol. The van der Waals surface area contributed by atoms with Gasteiger partial charge in [-0.2, -0.15) is 0 Å². The van der Waals surface area contributed by atoms with Gasteiger partial charge in [0.25, 0.3) is 17.4 Å². The van der Waals surface area contributed by atoms with Gasteiger partial charge in [-0.05, 0) is 67.0 Å². The van der Waals surface area contributed by atoms with Crippen molar-refractivity contribution in [2.75, 3.05) is 39.2 Å². The van der Waals surface area contributed by atoms with Gasteiger partial charge in [-0.1, -0.05) is 31.7 Å². The van der Waals surface area contributed by atoms with Crippen molar-refractivity contribution in [2.45, 2.75) is 75.1 Å². The number of amides is 4. The van der Waals surface area contributed by atoms with E-state index in [9.17, 15) is 32.4 Å². The first-order chi connectivity index (χ1) is 28.4. The molecule has 2 saturated heterocycles. The molecule has 4 aromatic rings. The maximum Gasteiger partial charge on any atom is 0.264 e. The van der Waals surface area contributed by atoms with Crippen molar-refractivity contribution in [2.24, 2.45) is 7.05 Å². The molecule has 2 aromatic carbocycles. The zero-order chi connectivity index (χ0) is 41.8. The van der Waals surface area contributed by atoms with Crippen molar-refractivity contribution in [3.8, 4) is 22.6 Å². The van der Waals surface area contributed by atoms with Crippen LogP contribution in [0.15, 0.2) is 59.8 Å². The molecule has 3 aliphatic heterocycles. The molecule has 2 fully saturated rings. The standard InChI is InChI=1S/C42H49N7O9S/c1-48-24-32(28-15-17-43-23-31(28)40(48)52)25-18-35(57-2)30(36(19-25)58-3)20-26(47-59(55,56)27-21-44-22-27)10-7-5-4-6-8-16-45-33-12-9-11-29-38(33)42(54)49(41(29)53)34-13-14-37(50)46-39(34)51/h9,11-12,15,17-19,23-24,26-27,34,44-45,47H,4-8,10,13-14,16,20-22H2,1-3H3,(H,46,50,51). The highest BCUT2D eigenvalue weighted by Crippen LogP contribution is 2.38. The lowest BCUT2D eigenvalue weighted by Gasteiger charge is -2.30. The van der Waals surface area contributed by atoms with E-state index in [0.29, 0.717) is 55.0 Å². The zero-order valence-corrected chi connectivity index (χ0v) is 34.2. The van der Waals surface area contributed by atoms with Crippen LogP contribution in [0.1, 0.15) is 77.6 Å². The van der Waals surface area contributed by atoms with Gasteiger partial charge in [0.1, 0.15) is 22.8 Å². The lowest BCUT2D eigenvalue weighted by Crippen LogP contribution is -2.56. The van der Waals surface area contributed by atoms with Crippen molar-refractivity contribution in [1.82, 2.24) is 29.8 Å². The number of pyridine rings is 2. The minimum absolute atomic E-state index is 0.0534. The summed E-state index contributed by atoms with van der Waals surface area (Å²) in [5.74, 6) is -1.09. The SMILES string of the molecule is COc1cc(-c2cn(C)c(=O)c3cnccc23)cc(OC)c1CC(CCCCCCCNc1cccc2c1C(=O)N(C1CCC(=O)NC1=O)C2=O)NS(=O)(=O)C1CNC1. The first kappa shape index (κ1) is 41.5. The van der Waals surface area contributed by atoms with Crippen LogP contribution >= 0.6 is 0 Å². The Bertz CT molecular complexity index is 2440. The first-order valence-electron chi connectivity index (χ1n) is 19.9. The number of methoxy groups -OCH3 is 2. The summed E-state index contributed by atoms with van der Waals surface area (Å²) in [5, 5.41) is 9.28. The Hall–Kier alpha value is -5.65. The van der Waals surface area contributed by atoms with E-state index < -0.39 is 51.0 Å². The smallest absolute Gasteiger partial charge is 0.264 e. The number of piperidine rings is 1. The number of carbonyl (C=O) groups excluding carboxylic acids is 4. The van der Waals surface area contributed by atoms with Gasteiger partial charge in [0.2, 0.25) is 21.8 Å². The van der Waals surface area contributed by atoms with Gasteiger partial charge in [0.05, 0.1) is 30.7 Å². The average Bonchev–Trinajstić information content (AvgIpc) is 3.45. The Morgan fingerprint density at radius 1 is 0.915 bits per heavy atom. The first-order valence-corrected chi connectivity index (χ1v) is 21.5. The summed E-state index contributed by atoms with van der Waals surface area (Å²) >= 11 is 0. The molecule has 0 radical (unpaired) electrons. The Balaban J connectivity index is 0.975. The number of nitrogens with one attached hydrogen (secondary N) is 4. The van der Waals surface area contributed by atoms with E-state index in [0.717, 1.165) is 59.1 Å². The third-order valence-electron chi connectivity index (χ3n) is 11.4. The number of carbonyl (C=O) groups is 4. The number of aryl methyl sites for hydroxylation is 1. The summed E-state index contributed by atoms with van der Waals surface area (Å²) in [6.07, 6.45) is 10.2. The van der Waals surface area contributed by atoms with Crippen LogP contribution in [0, 0.1) is 0 Å². The molecule has 0 aliphatic carbocycles. The highest BCUT2D eigenvalue weighted by atomic mass is 32.2. The highest BCUT2D eigenvalue weighted by molar-refractivity contribution is 7.90. The van der Waals surface area contributed by atoms with E-state index in [1.807, 2.05) is 12.1 Å². The second-order valence-corrected chi connectivity index (χ2v) is 17.2. The number of unbranched alkanes of at least 4 members (excludes halogenated alkanes) is 4. The number of anilines is 1. The Labute approximate surface area is 342 Å². The third-order valence-corrected chi connectivity index (χ3v) is 13.3. The van der Waals surface area contributed by atoms with E-state index in [1.54, 1.807) is 64.1 Å². The van der Waals surface area contributed by atoms with Crippen molar-refractivity contribution in [3.05, 3.63) is 82.0 Å². The number of ether oxygens (including phenoxy) is 2. The van der Waals surface area contributed by atoms with Crippen molar-refractivity contribution >= 4 is 50.1 Å². The van der Waals surface area contributed by atoms with Gasteiger partial charge >= 0.3 is 0 Å². The zero-order valence-electron chi connectivity index (χ0n) is 33.3. The molecule has 4 N–H and O–H groups in total. The molecular formula is C42H49N7O9S. The molecule has 2 unspecified atom stereocenters.